The van der Waals surface area contributed by atoms with E-state index in [-0.39, 0.29) is 21.7 Å². The van der Waals surface area contributed by atoms with Gasteiger partial charge in [0, 0.05) is 50.6 Å². The molecule has 6 aliphatic carbocycles. The molecule has 1 aliphatic heterocycles. The molecule has 59 heavy (non-hydrogen) atoms. The Hall–Kier alpha value is -5.08. The summed E-state index contributed by atoms with van der Waals surface area (Å²) in [6, 6.07) is 49.1. The molecule has 6 atom stereocenters. The highest BCUT2D eigenvalue weighted by atomic mass is 16.5. The molecule has 0 N–H and O–H groups in total. The molecule has 0 aromatic heterocycles. The summed E-state index contributed by atoms with van der Waals surface area (Å²) in [7, 11) is 0. The van der Waals surface area contributed by atoms with Gasteiger partial charge in [0.15, 0.2) is 0 Å². The summed E-state index contributed by atoms with van der Waals surface area (Å²) in [5, 5.41) is 0. The summed E-state index contributed by atoms with van der Waals surface area (Å²) in [5.41, 5.74) is 18.1. The number of rotatable bonds is 4. The molecule has 6 aromatic rings. The van der Waals surface area contributed by atoms with Gasteiger partial charge in [-0.15, -0.1) is 0 Å². The Morgan fingerprint density at radius 2 is 1.14 bits per heavy atom. The van der Waals surface area contributed by atoms with E-state index in [1.165, 1.54) is 106 Å². The van der Waals surface area contributed by atoms with Crippen LogP contribution in [0.4, 0.5) is 17.1 Å². The minimum Gasteiger partial charge on any atom is -0.456 e. The van der Waals surface area contributed by atoms with Crippen LogP contribution in [0, 0.1) is 29.1 Å². The van der Waals surface area contributed by atoms with Crippen LogP contribution < -0.4 is 9.64 Å². The van der Waals surface area contributed by atoms with Gasteiger partial charge in [-0.1, -0.05) is 133 Å². The second-order valence-electron chi connectivity index (χ2n) is 21.6. The van der Waals surface area contributed by atoms with E-state index < -0.39 is 0 Å². The number of ether oxygens (including phenoxy) is 1. The first-order valence-electron chi connectivity index (χ1n) is 22.6. The largest absolute Gasteiger partial charge is 0.456 e. The first kappa shape index (κ1) is 34.8. The van der Waals surface area contributed by atoms with Gasteiger partial charge in [-0.05, 0) is 148 Å². The van der Waals surface area contributed by atoms with Crippen molar-refractivity contribution in [3.8, 4) is 33.8 Å². The van der Waals surface area contributed by atoms with Crippen LogP contribution in [0.25, 0.3) is 22.3 Å². The number of benzene rings is 6. The average Bonchev–Trinajstić information content (AvgIpc) is 3.85. The van der Waals surface area contributed by atoms with Crippen molar-refractivity contribution >= 4 is 17.1 Å². The lowest BCUT2D eigenvalue weighted by Crippen LogP contribution is -2.74. The van der Waals surface area contributed by atoms with E-state index in [0.29, 0.717) is 17.3 Å². The van der Waals surface area contributed by atoms with Gasteiger partial charge in [0.1, 0.15) is 11.5 Å². The zero-order valence-corrected chi connectivity index (χ0v) is 35.5. The van der Waals surface area contributed by atoms with E-state index in [1.54, 1.807) is 0 Å². The van der Waals surface area contributed by atoms with Crippen molar-refractivity contribution in [3.63, 3.8) is 0 Å². The van der Waals surface area contributed by atoms with Crippen LogP contribution in [-0.2, 0) is 21.7 Å². The van der Waals surface area contributed by atoms with Gasteiger partial charge in [-0.3, -0.25) is 0 Å². The van der Waals surface area contributed by atoms with Crippen molar-refractivity contribution in [2.24, 2.45) is 29.1 Å². The molecule has 7 aliphatic rings. The fourth-order valence-corrected chi connectivity index (χ4v) is 15.1. The zero-order valence-electron chi connectivity index (χ0n) is 35.5. The van der Waals surface area contributed by atoms with Gasteiger partial charge in [0.2, 0.25) is 0 Å². The third-order valence-corrected chi connectivity index (χ3v) is 17.9. The minimum atomic E-state index is -0.0974. The van der Waals surface area contributed by atoms with E-state index >= 15 is 0 Å². The molecule has 2 spiro atoms. The molecule has 4 fully saturated rings. The van der Waals surface area contributed by atoms with Crippen LogP contribution in [0.3, 0.4) is 0 Å². The summed E-state index contributed by atoms with van der Waals surface area (Å²) in [6.07, 6.45) is 8.04. The average molecular weight is 770 g/mol. The first-order chi connectivity index (χ1) is 28.4. The van der Waals surface area contributed by atoms with Crippen molar-refractivity contribution in [1.29, 1.82) is 0 Å². The maximum absolute atomic E-state index is 7.42. The third-order valence-electron chi connectivity index (χ3n) is 17.9. The second kappa shape index (κ2) is 11.2. The van der Waals surface area contributed by atoms with Crippen molar-refractivity contribution in [3.05, 3.63) is 161 Å². The fraction of sp³-hybridized carbons (Fsp3) is 0.368. The van der Waals surface area contributed by atoms with Crippen molar-refractivity contribution in [2.45, 2.75) is 102 Å². The van der Waals surface area contributed by atoms with Gasteiger partial charge in [-0.2, -0.15) is 0 Å². The van der Waals surface area contributed by atoms with Crippen LogP contribution in [-0.4, -0.2) is 0 Å². The molecule has 0 amide bonds. The molecule has 2 bridgehead atoms. The standard InChI is InChI=1S/C57H55NO/c1-53(2)25-26-54(3,4)48-31-38(20-23-44(48)53)58(37-19-22-42-41-15-10-11-17-43(41)55(5,6)47(42)30-37)39-21-24-45-49(32-39)59-52-40(35-13-8-7-9-14-35)16-12-18-46(52)57(45)50-28-34-27-36-29-51(57)56(36,50)33-34/h7-24,30-32,34,36,50-51H,25-29,33H2,1-6H3. The van der Waals surface area contributed by atoms with Crippen molar-refractivity contribution < 1.29 is 4.74 Å². The lowest BCUT2D eigenvalue weighted by molar-refractivity contribution is -0.235. The molecule has 2 heteroatoms. The Kier molecular flexibility index (Phi) is 6.59. The smallest absolute Gasteiger partial charge is 0.139 e. The Bertz CT molecular complexity index is 2790. The Morgan fingerprint density at radius 3 is 1.93 bits per heavy atom. The Balaban J connectivity index is 1.02. The SMILES string of the molecule is CC1(C)CCC(C)(C)c2cc(N(c3ccc4c(c3)Oc3c(-c5ccccc5)cccc3C43C4CC5CC6CC3C64C5)c3ccc4c(c3)C(C)(C)c3ccccc3-4)ccc21. The molecular formula is C57H55NO. The molecule has 294 valence electrons. The molecular weight excluding hydrogens is 715 g/mol. The third kappa shape index (κ3) is 4.19. The van der Waals surface area contributed by atoms with Gasteiger partial charge in [-0.25, -0.2) is 0 Å². The number of hydrogen-bond acceptors (Lipinski definition) is 2. The summed E-state index contributed by atoms with van der Waals surface area (Å²) >= 11 is 0. The molecule has 2 nitrogen and oxygen atoms in total. The van der Waals surface area contributed by atoms with E-state index in [9.17, 15) is 0 Å². The maximum Gasteiger partial charge on any atom is 0.139 e. The molecule has 6 unspecified atom stereocenters. The van der Waals surface area contributed by atoms with Gasteiger partial charge in [0.25, 0.3) is 0 Å². The number of para-hydroxylation sites is 1. The van der Waals surface area contributed by atoms with Crippen LogP contribution in [0.15, 0.2) is 127 Å². The lowest BCUT2D eigenvalue weighted by atomic mass is 9.26. The molecule has 1 heterocycles. The highest BCUT2D eigenvalue weighted by Gasteiger charge is 2.84. The van der Waals surface area contributed by atoms with E-state index in [4.69, 9.17) is 4.74 Å². The molecule has 6 aromatic carbocycles. The summed E-state index contributed by atoms with van der Waals surface area (Å²) in [4.78, 5) is 2.55. The van der Waals surface area contributed by atoms with E-state index in [0.717, 1.165) is 29.0 Å². The molecule has 4 saturated carbocycles. The molecule has 13 rings (SSSR count). The minimum absolute atomic E-state index is 0.00747. The van der Waals surface area contributed by atoms with Crippen LogP contribution in [0.2, 0.25) is 0 Å². The summed E-state index contributed by atoms with van der Waals surface area (Å²) in [5.74, 6) is 5.35. The van der Waals surface area contributed by atoms with E-state index in [1.807, 2.05) is 0 Å². The maximum atomic E-state index is 7.42. The quantitative estimate of drug-likeness (QED) is 0.177. The zero-order chi connectivity index (χ0) is 39.8. The Labute approximate surface area is 350 Å². The number of anilines is 3. The monoisotopic (exact) mass is 769 g/mol. The topological polar surface area (TPSA) is 12.5 Å². The first-order valence-corrected chi connectivity index (χ1v) is 22.6. The molecule has 0 saturated heterocycles. The van der Waals surface area contributed by atoms with Crippen molar-refractivity contribution in [1.82, 2.24) is 0 Å². The van der Waals surface area contributed by atoms with E-state index in [2.05, 4.69) is 174 Å². The molecule has 0 radical (unpaired) electrons. The van der Waals surface area contributed by atoms with Crippen molar-refractivity contribution in [2.75, 3.05) is 4.90 Å². The number of nitrogens with zero attached hydrogens (tertiary/aromatic N) is 1. The highest BCUT2D eigenvalue weighted by Crippen LogP contribution is 2.89. The second-order valence-corrected chi connectivity index (χ2v) is 21.6. The number of hydrogen-bond donors (Lipinski definition) is 0. The predicted molar refractivity (Wildman–Crippen MR) is 242 cm³/mol. The van der Waals surface area contributed by atoms with Gasteiger partial charge in [0.05, 0.1) is 0 Å². The van der Waals surface area contributed by atoms with Crippen LogP contribution in [0.1, 0.15) is 113 Å². The lowest BCUT2D eigenvalue weighted by Gasteiger charge is -2.77. The fourth-order valence-electron chi connectivity index (χ4n) is 15.1. The predicted octanol–water partition coefficient (Wildman–Crippen LogP) is 14.9. The number of fused-ring (bicyclic) bond motifs is 11. The van der Waals surface area contributed by atoms with Crippen LogP contribution in [0.5, 0.6) is 11.5 Å². The van der Waals surface area contributed by atoms with Gasteiger partial charge >= 0.3 is 0 Å². The summed E-state index contributed by atoms with van der Waals surface area (Å²) < 4.78 is 7.42. The normalized spacial score (nSPS) is 29.5. The highest BCUT2D eigenvalue weighted by molar-refractivity contribution is 5.87. The summed E-state index contributed by atoms with van der Waals surface area (Å²) in [6.45, 7) is 14.6. The Morgan fingerprint density at radius 1 is 0.508 bits per heavy atom. The van der Waals surface area contributed by atoms with Crippen LogP contribution >= 0.6 is 0 Å². The van der Waals surface area contributed by atoms with Gasteiger partial charge < -0.3 is 9.64 Å².